The van der Waals surface area contributed by atoms with Gasteiger partial charge in [0.15, 0.2) is 0 Å². The number of rotatable bonds is 2. The third kappa shape index (κ3) is 2.98. The number of nitriles is 1. The molecule has 6 nitrogen and oxygen atoms in total. The molecule has 0 saturated carbocycles. The SMILES string of the molecule is N#Cc1cc(O)cc(C(=O)NC2CC3(CCNC3)Oc3ccccc32)c1. The molecule has 2 aliphatic rings. The zero-order valence-corrected chi connectivity index (χ0v) is 14.2. The van der Waals surface area contributed by atoms with Crippen LogP contribution in [-0.4, -0.2) is 29.7 Å². The summed E-state index contributed by atoms with van der Waals surface area (Å²) in [6.07, 6.45) is 1.56. The summed E-state index contributed by atoms with van der Waals surface area (Å²) in [5.41, 5.74) is 1.14. The molecular formula is C20H19N3O3. The van der Waals surface area contributed by atoms with Gasteiger partial charge in [-0.15, -0.1) is 0 Å². The largest absolute Gasteiger partial charge is 0.508 e. The molecule has 2 atom stereocenters. The molecule has 1 fully saturated rings. The average molecular weight is 349 g/mol. The van der Waals surface area contributed by atoms with Gasteiger partial charge in [-0.3, -0.25) is 4.79 Å². The van der Waals surface area contributed by atoms with Crippen LogP contribution >= 0.6 is 0 Å². The minimum absolute atomic E-state index is 0.0990. The maximum absolute atomic E-state index is 12.8. The predicted molar refractivity (Wildman–Crippen MR) is 94.9 cm³/mol. The second kappa shape index (κ2) is 6.36. The molecule has 6 heteroatoms. The van der Waals surface area contributed by atoms with Crippen molar-refractivity contribution in [3.05, 3.63) is 59.2 Å². The van der Waals surface area contributed by atoms with Gasteiger partial charge in [0.25, 0.3) is 5.91 Å². The van der Waals surface area contributed by atoms with Gasteiger partial charge in [-0.25, -0.2) is 0 Å². The van der Waals surface area contributed by atoms with Crippen LogP contribution in [-0.2, 0) is 0 Å². The molecule has 1 amide bonds. The lowest BCUT2D eigenvalue weighted by Gasteiger charge is -2.39. The Hall–Kier alpha value is -3.04. The Balaban J connectivity index is 1.63. The van der Waals surface area contributed by atoms with E-state index < -0.39 is 0 Å². The van der Waals surface area contributed by atoms with Gasteiger partial charge < -0.3 is 20.5 Å². The minimum atomic E-state index is -0.319. The van der Waals surface area contributed by atoms with Crippen LogP contribution in [0.25, 0.3) is 0 Å². The van der Waals surface area contributed by atoms with E-state index in [1.54, 1.807) is 0 Å². The first-order chi connectivity index (χ1) is 12.6. The number of nitrogens with zero attached hydrogens (tertiary/aromatic N) is 1. The Morgan fingerprint density at radius 2 is 2.19 bits per heavy atom. The van der Waals surface area contributed by atoms with Crippen molar-refractivity contribution in [3.63, 3.8) is 0 Å². The summed E-state index contributed by atoms with van der Waals surface area (Å²) in [7, 11) is 0. The van der Waals surface area contributed by atoms with E-state index in [1.807, 2.05) is 30.3 Å². The summed E-state index contributed by atoms with van der Waals surface area (Å²) in [6, 6.07) is 13.7. The third-order valence-electron chi connectivity index (χ3n) is 5.02. The fraction of sp³-hybridized carbons (Fsp3) is 0.300. The smallest absolute Gasteiger partial charge is 0.251 e. The monoisotopic (exact) mass is 349 g/mol. The lowest BCUT2D eigenvalue weighted by Crippen LogP contribution is -2.46. The van der Waals surface area contributed by atoms with Crippen molar-refractivity contribution in [2.45, 2.75) is 24.5 Å². The highest BCUT2D eigenvalue weighted by Crippen LogP contribution is 2.42. The van der Waals surface area contributed by atoms with E-state index in [-0.39, 0.29) is 34.4 Å². The molecule has 2 aromatic rings. The van der Waals surface area contributed by atoms with Crippen molar-refractivity contribution in [2.75, 3.05) is 13.1 Å². The van der Waals surface area contributed by atoms with Gasteiger partial charge in [0.05, 0.1) is 17.7 Å². The normalized spacial score (nSPS) is 23.7. The maximum atomic E-state index is 12.8. The molecule has 0 radical (unpaired) electrons. The number of carbonyl (C=O) groups excluding carboxylic acids is 1. The van der Waals surface area contributed by atoms with Gasteiger partial charge in [0, 0.05) is 30.5 Å². The number of phenolic OH excluding ortho intramolecular Hbond substituents is 1. The number of benzene rings is 2. The molecule has 1 spiro atoms. The third-order valence-corrected chi connectivity index (χ3v) is 5.02. The lowest BCUT2D eigenvalue weighted by molar-refractivity contribution is 0.0474. The molecule has 0 aromatic heterocycles. The van der Waals surface area contributed by atoms with E-state index >= 15 is 0 Å². The molecule has 2 unspecified atom stereocenters. The summed E-state index contributed by atoms with van der Waals surface area (Å²) in [5, 5.41) is 25.2. The zero-order chi connectivity index (χ0) is 18.1. The van der Waals surface area contributed by atoms with Crippen LogP contribution in [0.4, 0.5) is 0 Å². The zero-order valence-electron chi connectivity index (χ0n) is 14.2. The summed E-state index contributed by atoms with van der Waals surface area (Å²) in [6.45, 7) is 1.64. The van der Waals surface area contributed by atoms with Crippen LogP contribution in [0.5, 0.6) is 11.5 Å². The molecule has 26 heavy (non-hydrogen) atoms. The molecular weight excluding hydrogens is 330 g/mol. The van der Waals surface area contributed by atoms with Crippen LogP contribution < -0.4 is 15.4 Å². The molecule has 2 aromatic carbocycles. The molecule has 4 rings (SSSR count). The van der Waals surface area contributed by atoms with Crippen molar-refractivity contribution < 1.29 is 14.6 Å². The van der Waals surface area contributed by atoms with Gasteiger partial charge in [0.1, 0.15) is 17.1 Å². The summed E-state index contributed by atoms with van der Waals surface area (Å²) in [5.74, 6) is 0.375. The molecule has 2 heterocycles. The van der Waals surface area contributed by atoms with Crippen LogP contribution in [0, 0.1) is 11.3 Å². The van der Waals surface area contributed by atoms with Gasteiger partial charge >= 0.3 is 0 Å². The Kier molecular flexibility index (Phi) is 4.02. The highest BCUT2D eigenvalue weighted by Gasteiger charge is 2.43. The molecule has 3 N–H and O–H groups in total. The number of para-hydroxylation sites is 1. The Morgan fingerprint density at radius 1 is 1.35 bits per heavy atom. The highest BCUT2D eigenvalue weighted by molar-refractivity contribution is 5.95. The number of ether oxygens (including phenoxy) is 1. The Morgan fingerprint density at radius 3 is 2.96 bits per heavy atom. The van der Waals surface area contributed by atoms with Gasteiger partial charge in [0.2, 0.25) is 0 Å². The van der Waals surface area contributed by atoms with Gasteiger partial charge in [-0.05, 0) is 30.8 Å². The van der Waals surface area contributed by atoms with E-state index in [4.69, 9.17) is 10.00 Å². The van der Waals surface area contributed by atoms with E-state index in [2.05, 4.69) is 10.6 Å². The molecule has 0 aliphatic carbocycles. The Labute approximate surface area is 151 Å². The van der Waals surface area contributed by atoms with Crippen LogP contribution in [0.2, 0.25) is 0 Å². The Bertz CT molecular complexity index is 897. The lowest BCUT2D eigenvalue weighted by atomic mass is 9.86. The first-order valence-electron chi connectivity index (χ1n) is 8.62. The maximum Gasteiger partial charge on any atom is 0.251 e. The van der Waals surface area contributed by atoms with Crippen molar-refractivity contribution in [1.29, 1.82) is 5.26 Å². The molecule has 2 aliphatic heterocycles. The van der Waals surface area contributed by atoms with Crippen molar-refractivity contribution >= 4 is 5.91 Å². The van der Waals surface area contributed by atoms with Crippen LogP contribution in [0.15, 0.2) is 42.5 Å². The topological polar surface area (TPSA) is 94.4 Å². The number of hydrogen-bond donors (Lipinski definition) is 3. The van der Waals surface area contributed by atoms with E-state index in [9.17, 15) is 9.90 Å². The predicted octanol–water partition coefficient (Wildman–Crippen LogP) is 2.25. The number of amides is 1. The highest BCUT2D eigenvalue weighted by atomic mass is 16.5. The fourth-order valence-corrected chi connectivity index (χ4v) is 3.78. The second-order valence-corrected chi connectivity index (χ2v) is 6.86. The van der Waals surface area contributed by atoms with Crippen LogP contribution in [0.3, 0.4) is 0 Å². The average Bonchev–Trinajstić information content (AvgIpc) is 3.08. The number of nitrogens with one attached hydrogen (secondary N) is 2. The first kappa shape index (κ1) is 16.4. The van der Waals surface area contributed by atoms with Gasteiger partial charge in [-0.2, -0.15) is 5.26 Å². The number of fused-ring (bicyclic) bond motifs is 1. The number of hydrogen-bond acceptors (Lipinski definition) is 5. The number of aromatic hydroxyl groups is 1. The molecule has 132 valence electrons. The fourth-order valence-electron chi connectivity index (χ4n) is 3.78. The standard InChI is InChI=1S/C20H19N3O3/c21-11-13-7-14(9-15(24)8-13)19(25)23-17-10-20(5-6-22-12-20)26-18-4-2-1-3-16(17)18/h1-4,7-9,17,22,24H,5-6,10,12H2,(H,23,25). The first-order valence-corrected chi connectivity index (χ1v) is 8.62. The van der Waals surface area contributed by atoms with E-state index in [0.717, 1.165) is 30.8 Å². The van der Waals surface area contributed by atoms with E-state index in [0.29, 0.717) is 6.42 Å². The molecule has 0 bridgehead atoms. The number of phenols is 1. The second-order valence-electron chi connectivity index (χ2n) is 6.86. The summed E-state index contributed by atoms with van der Waals surface area (Å²) >= 11 is 0. The number of carbonyl (C=O) groups is 1. The van der Waals surface area contributed by atoms with Crippen molar-refractivity contribution in [1.82, 2.24) is 10.6 Å². The van der Waals surface area contributed by atoms with Crippen molar-refractivity contribution in [3.8, 4) is 17.6 Å². The van der Waals surface area contributed by atoms with Crippen molar-refractivity contribution in [2.24, 2.45) is 0 Å². The summed E-state index contributed by atoms with van der Waals surface area (Å²) in [4.78, 5) is 12.8. The van der Waals surface area contributed by atoms with Crippen LogP contribution in [0.1, 0.15) is 40.4 Å². The minimum Gasteiger partial charge on any atom is -0.508 e. The van der Waals surface area contributed by atoms with Gasteiger partial charge in [-0.1, -0.05) is 18.2 Å². The quantitative estimate of drug-likeness (QED) is 0.773. The summed E-state index contributed by atoms with van der Waals surface area (Å²) < 4.78 is 6.26. The molecule has 1 saturated heterocycles. The van der Waals surface area contributed by atoms with E-state index in [1.165, 1.54) is 18.2 Å².